The monoisotopic (exact) mass is 293 g/mol. The number of thiocarbonyl (C=S) groups is 1. The van der Waals surface area contributed by atoms with Crippen LogP contribution in [0.1, 0.15) is 12.0 Å². The van der Waals surface area contributed by atoms with Crippen molar-refractivity contribution in [3.63, 3.8) is 0 Å². The number of rotatable bonds is 6. The first kappa shape index (κ1) is 14.5. The fraction of sp³-hybridized carbons (Fsp3) is 0.286. The lowest BCUT2D eigenvalue weighted by Gasteiger charge is -2.14. The van der Waals surface area contributed by atoms with Crippen LogP contribution in [0.5, 0.6) is 5.75 Å². The summed E-state index contributed by atoms with van der Waals surface area (Å²) in [5.74, 6) is 0.345. The number of benzene rings is 1. The van der Waals surface area contributed by atoms with E-state index >= 15 is 0 Å². The first-order valence-corrected chi connectivity index (χ1v) is 6.63. The van der Waals surface area contributed by atoms with E-state index in [0.29, 0.717) is 30.8 Å². The van der Waals surface area contributed by atoms with Gasteiger partial charge in [0.15, 0.2) is 5.11 Å². The van der Waals surface area contributed by atoms with Crippen molar-refractivity contribution in [3.05, 3.63) is 41.6 Å². The number of halogens is 1. The Balaban J connectivity index is 2.00. The van der Waals surface area contributed by atoms with E-state index in [9.17, 15) is 9.18 Å². The van der Waals surface area contributed by atoms with E-state index in [-0.39, 0.29) is 11.0 Å². The van der Waals surface area contributed by atoms with E-state index in [1.807, 2.05) is 18.2 Å². The molecule has 6 heteroatoms. The quantitative estimate of drug-likeness (QED) is 0.642. The summed E-state index contributed by atoms with van der Waals surface area (Å²) in [4.78, 5) is 11.7. The number of ether oxygens (including phenoxy) is 1. The second-order valence-corrected chi connectivity index (χ2v) is 4.64. The molecule has 105 valence electrons. The van der Waals surface area contributed by atoms with Gasteiger partial charge in [-0.2, -0.15) is 5.32 Å². The molecule has 0 saturated heterocycles. The maximum Gasteiger partial charge on any atom is 0.277 e. The molecule has 1 aliphatic heterocycles. The van der Waals surface area contributed by atoms with E-state index in [2.05, 4.69) is 10.6 Å². The maximum absolute atomic E-state index is 12.0. The zero-order chi connectivity index (χ0) is 14.4. The number of hydrogen-bond donors (Lipinski definition) is 1. The van der Waals surface area contributed by atoms with Crippen LogP contribution in [0.15, 0.2) is 36.0 Å². The van der Waals surface area contributed by atoms with Gasteiger partial charge < -0.3 is 10.1 Å². The second-order valence-electron chi connectivity index (χ2n) is 4.25. The molecule has 20 heavy (non-hydrogen) atoms. The average Bonchev–Trinajstić information content (AvgIpc) is 2.43. The van der Waals surface area contributed by atoms with Crippen molar-refractivity contribution in [1.29, 1.82) is 0 Å². The lowest BCUT2D eigenvalue weighted by Crippen LogP contribution is -2.37. The van der Waals surface area contributed by atoms with Crippen molar-refractivity contribution in [1.82, 2.24) is 10.6 Å². The molecule has 2 rings (SSSR count). The fourth-order valence-corrected chi connectivity index (χ4v) is 1.89. The molecular formula is C14H14FN2O2S. The van der Waals surface area contributed by atoms with Crippen molar-refractivity contribution in [3.8, 4) is 5.75 Å². The number of carbonyl (C=O) groups excluding carboxylic acids is 1. The van der Waals surface area contributed by atoms with Crippen LogP contribution in [-0.4, -0.2) is 24.3 Å². The highest BCUT2D eigenvalue weighted by molar-refractivity contribution is 7.80. The van der Waals surface area contributed by atoms with Gasteiger partial charge in [0, 0.05) is 24.6 Å². The molecular weight excluding hydrogens is 279 g/mol. The summed E-state index contributed by atoms with van der Waals surface area (Å²) in [6.07, 6.45) is 2.39. The number of alkyl halides is 1. The number of carbonyl (C=O) groups is 1. The van der Waals surface area contributed by atoms with Crippen LogP contribution in [0.4, 0.5) is 4.39 Å². The Morgan fingerprint density at radius 1 is 1.40 bits per heavy atom. The molecule has 0 aromatic heterocycles. The Bertz CT molecular complexity index is 546. The molecule has 0 spiro atoms. The minimum Gasteiger partial charge on any atom is -0.493 e. The maximum atomic E-state index is 12.0. The van der Waals surface area contributed by atoms with Gasteiger partial charge in [0.05, 0.1) is 13.3 Å². The molecule has 4 nitrogen and oxygen atoms in total. The highest BCUT2D eigenvalue weighted by Gasteiger charge is 2.18. The van der Waals surface area contributed by atoms with E-state index in [1.54, 1.807) is 12.3 Å². The summed E-state index contributed by atoms with van der Waals surface area (Å²) in [5.41, 5.74) is 1.46. The third kappa shape index (κ3) is 4.03. The topological polar surface area (TPSA) is 52.4 Å². The Kier molecular flexibility index (Phi) is 5.06. The molecule has 1 heterocycles. The second kappa shape index (κ2) is 7.00. The molecule has 1 amide bonds. The van der Waals surface area contributed by atoms with Crippen LogP contribution in [0, 0.1) is 0 Å². The summed E-state index contributed by atoms with van der Waals surface area (Å²) in [6.45, 7) is -0.0547. The van der Waals surface area contributed by atoms with E-state index in [0.717, 1.165) is 5.56 Å². The number of nitrogens with zero attached hydrogens (tertiary/aromatic N) is 1. The van der Waals surface area contributed by atoms with Crippen LogP contribution in [0.2, 0.25) is 0 Å². The van der Waals surface area contributed by atoms with Gasteiger partial charge in [-0.25, -0.2) is 0 Å². The molecule has 1 aliphatic rings. The summed E-state index contributed by atoms with van der Waals surface area (Å²) < 4.78 is 17.4. The molecule has 0 saturated carbocycles. The summed E-state index contributed by atoms with van der Waals surface area (Å²) in [7, 11) is 0. The van der Waals surface area contributed by atoms with Crippen LogP contribution in [-0.2, 0) is 11.2 Å². The zero-order valence-corrected chi connectivity index (χ0v) is 11.6. The highest BCUT2D eigenvalue weighted by atomic mass is 32.1. The minimum atomic E-state index is -0.395. The first-order chi connectivity index (χ1) is 9.69. The molecule has 0 unspecified atom stereocenters. The van der Waals surface area contributed by atoms with Crippen molar-refractivity contribution in [2.24, 2.45) is 0 Å². The third-order valence-corrected chi connectivity index (χ3v) is 2.90. The summed E-state index contributed by atoms with van der Waals surface area (Å²) >= 11 is 4.79. The van der Waals surface area contributed by atoms with Gasteiger partial charge in [0.1, 0.15) is 5.75 Å². The SMILES string of the molecule is O=C1[N]C(=S)NC=C1Cc1cccc(OCCCF)c1. The zero-order valence-electron chi connectivity index (χ0n) is 10.8. The van der Waals surface area contributed by atoms with Crippen LogP contribution >= 0.6 is 12.2 Å². The highest BCUT2D eigenvalue weighted by Crippen LogP contribution is 2.17. The lowest BCUT2D eigenvalue weighted by atomic mass is 10.0. The van der Waals surface area contributed by atoms with Crippen LogP contribution in [0.25, 0.3) is 0 Å². The largest absolute Gasteiger partial charge is 0.493 e. The minimum absolute atomic E-state index is 0.182. The molecule has 1 aromatic carbocycles. The van der Waals surface area contributed by atoms with Crippen LogP contribution < -0.4 is 15.4 Å². The Hall–Kier alpha value is -1.95. The van der Waals surface area contributed by atoms with Crippen molar-refractivity contribution >= 4 is 23.2 Å². The predicted molar refractivity (Wildman–Crippen MR) is 77.2 cm³/mol. The molecule has 0 aliphatic carbocycles. The van der Waals surface area contributed by atoms with E-state index < -0.39 is 6.67 Å². The van der Waals surface area contributed by atoms with Gasteiger partial charge in [0.2, 0.25) is 0 Å². The fourth-order valence-electron chi connectivity index (χ4n) is 1.74. The Morgan fingerprint density at radius 3 is 3.00 bits per heavy atom. The molecule has 0 bridgehead atoms. The average molecular weight is 293 g/mol. The molecule has 1 aromatic rings. The van der Waals surface area contributed by atoms with Gasteiger partial charge in [-0.3, -0.25) is 9.18 Å². The van der Waals surface area contributed by atoms with Gasteiger partial charge in [0.25, 0.3) is 5.91 Å². The summed E-state index contributed by atoms with van der Waals surface area (Å²) in [5, 5.41) is 6.61. The van der Waals surface area contributed by atoms with Gasteiger partial charge in [-0.05, 0) is 29.9 Å². The Morgan fingerprint density at radius 2 is 2.25 bits per heavy atom. The lowest BCUT2D eigenvalue weighted by molar-refractivity contribution is -0.116. The van der Waals surface area contributed by atoms with Crippen LogP contribution in [0.3, 0.4) is 0 Å². The summed E-state index contributed by atoms with van der Waals surface area (Å²) in [6, 6.07) is 7.36. The molecule has 1 radical (unpaired) electrons. The first-order valence-electron chi connectivity index (χ1n) is 6.22. The number of hydrogen-bond acceptors (Lipinski definition) is 3. The number of nitrogens with one attached hydrogen (secondary N) is 1. The molecule has 1 N–H and O–H groups in total. The normalized spacial score (nSPS) is 14.3. The van der Waals surface area contributed by atoms with Gasteiger partial charge >= 0.3 is 0 Å². The van der Waals surface area contributed by atoms with E-state index in [1.165, 1.54) is 0 Å². The van der Waals surface area contributed by atoms with Gasteiger partial charge in [-0.1, -0.05) is 12.1 Å². The van der Waals surface area contributed by atoms with Crippen molar-refractivity contribution in [2.75, 3.05) is 13.3 Å². The smallest absolute Gasteiger partial charge is 0.277 e. The third-order valence-electron chi connectivity index (χ3n) is 2.69. The standard InChI is InChI=1S/C14H14FN2O2S/c15-5-2-6-19-12-4-1-3-10(8-12)7-11-9-16-14(20)17-13(11)18/h1,3-4,8-9H,2,5-7H2,(H,16,20). The molecule has 0 atom stereocenters. The van der Waals surface area contributed by atoms with Crippen molar-refractivity contribution in [2.45, 2.75) is 12.8 Å². The predicted octanol–water partition coefficient (Wildman–Crippen LogP) is 1.87. The number of amides is 1. The Labute approximate surface area is 122 Å². The van der Waals surface area contributed by atoms with Crippen molar-refractivity contribution < 1.29 is 13.9 Å². The molecule has 0 fully saturated rings. The van der Waals surface area contributed by atoms with E-state index in [4.69, 9.17) is 17.0 Å². The van der Waals surface area contributed by atoms with Gasteiger partial charge in [-0.15, -0.1) is 0 Å².